The highest BCUT2D eigenvalue weighted by Gasteiger charge is 2.15. The second kappa shape index (κ2) is 7.38. The first-order valence-electron chi connectivity index (χ1n) is 7.64. The van der Waals surface area contributed by atoms with Crippen molar-refractivity contribution in [3.05, 3.63) is 50.9 Å². The number of hydrogen-bond acceptors (Lipinski definition) is 3. The molecule has 0 radical (unpaired) electrons. The monoisotopic (exact) mass is 439 g/mol. The Morgan fingerprint density at radius 3 is 2.46 bits per heavy atom. The Bertz CT molecular complexity index is 756. The van der Waals surface area contributed by atoms with E-state index in [0.29, 0.717) is 0 Å². The molecule has 1 heterocycles. The number of hydrogen-bond donors (Lipinski definition) is 1. The Balaban J connectivity index is 2.15. The number of nitrogens with one attached hydrogen (secondary N) is 1. The molecule has 1 aromatic heterocycles. The van der Waals surface area contributed by atoms with Crippen LogP contribution >= 0.6 is 22.6 Å². The van der Waals surface area contributed by atoms with Crippen molar-refractivity contribution >= 4 is 34.9 Å². The number of rotatable bonds is 3. The summed E-state index contributed by atoms with van der Waals surface area (Å²) >= 11 is 2.29. The third-order valence-corrected chi connectivity index (χ3v) is 4.03. The average Bonchev–Trinajstić information content (AvgIpc) is 2.73. The molecule has 0 atom stereocenters. The van der Waals surface area contributed by atoms with Crippen LogP contribution in [0.4, 0.5) is 4.79 Å². The zero-order valence-electron chi connectivity index (χ0n) is 14.6. The molecule has 0 bridgehead atoms. The van der Waals surface area contributed by atoms with Crippen LogP contribution < -0.4 is 5.43 Å². The van der Waals surface area contributed by atoms with Crippen LogP contribution in [0.25, 0.3) is 5.69 Å². The summed E-state index contributed by atoms with van der Waals surface area (Å²) in [7, 11) is 0. The van der Waals surface area contributed by atoms with Crippen molar-refractivity contribution in [2.24, 2.45) is 5.10 Å². The minimum absolute atomic E-state index is 0.541. The highest BCUT2D eigenvalue weighted by atomic mass is 127. The van der Waals surface area contributed by atoms with Gasteiger partial charge in [0, 0.05) is 26.2 Å². The Labute approximate surface area is 156 Å². The second-order valence-corrected chi connectivity index (χ2v) is 7.76. The fourth-order valence-electron chi connectivity index (χ4n) is 2.36. The number of hydrazone groups is 1. The van der Waals surface area contributed by atoms with Crippen molar-refractivity contribution in [3.63, 3.8) is 0 Å². The van der Waals surface area contributed by atoms with Gasteiger partial charge in [0.05, 0.1) is 6.21 Å². The van der Waals surface area contributed by atoms with E-state index in [2.05, 4.69) is 62.0 Å². The smallest absolute Gasteiger partial charge is 0.428 e. The number of ether oxygens (including phenoxy) is 1. The number of carbonyl (C=O) groups excluding carboxylic acids is 1. The van der Waals surface area contributed by atoms with Crippen LogP contribution in [0.5, 0.6) is 0 Å². The molecule has 0 saturated carbocycles. The van der Waals surface area contributed by atoms with E-state index >= 15 is 0 Å². The van der Waals surface area contributed by atoms with Crippen molar-refractivity contribution in [2.45, 2.75) is 40.2 Å². The van der Waals surface area contributed by atoms with E-state index in [1.165, 1.54) is 3.57 Å². The normalized spacial score (nSPS) is 11.8. The number of aryl methyl sites for hydroxylation is 1. The molecule has 0 aliphatic carbocycles. The van der Waals surface area contributed by atoms with Crippen molar-refractivity contribution in [2.75, 3.05) is 0 Å². The van der Waals surface area contributed by atoms with Crippen LogP contribution in [0.3, 0.4) is 0 Å². The summed E-state index contributed by atoms with van der Waals surface area (Å²) < 4.78 is 8.50. The van der Waals surface area contributed by atoms with Gasteiger partial charge in [0.25, 0.3) is 0 Å². The first-order chi connectivity index (χ1) is 11.2. The number of halogens is 1. The van der Waals surface area contributed by atoms with Gasteiger partial charge in [0.2, 0.25) is 0 Å². The summed E-state index contributed by atoms with van der Waals surface area (Å²) in [5.41, 5.74) is 6.06. The Morgan fingerprint density at radius 1 is 1.25 bits per heavy atom. The average molecular weight is 439 g/mol. The summed E-state index contributed by atoms with van der Waals surface area (Å²) in [5, 5.41) is 3.98. The second-order valence-electron chi connectivity index (χ2n) is 6.51. The van der Waals surface area contributed by atoms with E-state index in [9.17, 15) is 4.79 Å². The lowest BCUT2D eigenvalue weighted by Gasteiger charge is -2.18. The quantitative estimate of drug-likeness (QED) is 0.433. The molecule has 1 N–H and O–H groups in total. The fourth-order valence-corrected chi connectivity index (χ4v) is 2.72. The van der Waals surface area contributed by atoms with Crippen LogP contribution in [-0.4, -0.2) is 22.5 Å². The summed E-state index contributed by atoms with van der Waals surface area (Å²) in [6.07, 6.45) is 1.07. The zero-order valence-corrected chi connectivity index (χ0v) is 16.7. The number of carbonyl (C=O) groups is 1. The molecule has 0 spiro atoms. The van der Waals surface area contributed by atoms with Gasteiger partial charge in [0.15, 0.2) is 0 Å². The van der Waals surface area contributed by atoms with Gasteiger partial charge < -0.3 is 9.30 Å². The van der Waals surface area contributed by atoms with Gasteiger partial charge in [-0.1, -0.05) is 0 Å². The molecule has 6 heteroatoms. The van der Waals surface area contributed by atoms with Crippen LogP contribution in [-0.2, 0) is 4.74 Å². The van der Waals surface area contributed by atoms with Gasteiger partial charge in [-0.2, -0.15) is 5.10 Å². The van der Waals surface area contributed by atoms with Crippen molar-refractivity contribution in [1.29, 1.82) is 0 Å². The number of amides is 1. The topological polar surface area (TPSA) is 55.6 Å². The number of aromatic nitrogens is 1. The van der Waals surface area contributed by atoms with E-state index in [4.69, 9.17) is 4.74 Å². The molecule has 128 valence electrons. The molecule has 2 aromatic rings. The lowest BCUT2D eigenvalue weighted by atomic mass is 10.2. The molecule has 2 rings (SSSR count). The highest BCUT2D eigenvalue weighted by molar-refractivity contribution is 14.1. The van der Waals surface area contributed by atoms with Gasteiger partial charge in [-0.25, -0.2) is 10.2 Å². The largest absolute Gasteiger partial charge is 0.443 e. The maximum Gasteiger partial charge on any atom is 0.428 e. The van der Waals surface area contributed by atoms with Crippen molar-refractivity contribution in [3.8, 4) is 5.69 Å². The first kappa shape index (κ1) is 18.5. The third-order valence-electron chi connectivity index (χ3n) is 3.31. The predicted octanol–water partition coefficient (Wildman–Crippen LogP) is 4.56. The zero-order chi connectivity index (χ0) is 17.9. The van der Waals surface area contributed by atoms with E-state index in [0.717, 1.165) is 22.6 Å². The van der Waals surface area contributed by atoms with Crippen molar-refractivity contribution in [1.82, 2.24) is 9.99 Å². The fraction of sp³-hybridized carbons (Fsp3) is 0.333. The summed E-state index contributed by atoms with van der Waals surface area (Å²) in [6, 6.07) is 10.4. The predicted molar refractivity (Wildman–Crippen MR) is 105 cm³/mol. The number of nitrogens with zero attached hydrogens (tertiary/aromatic N) is 2. The van der Waals surface area contributed by atoms with E-state index in [-0.39, 0.29) is 0 Å². The van der Waals surface area contributed by atoms with Gasteiger partial charge in [-0.3, -0.25) is 0 Å². The summed E-state index contributed by atoms with van der Waals surface area (Å²) in [5.74, 6) is 0. The van der Waals surface area contributed by atoms with E-state index in [1.54, 1.807) is 6.21 Å². The minimum atomic E-state index is -0.565. The van der Waals surface area contributed by atoms with Gasteiger partial charge in [-0.05, 0) is 87.5 Å². The molecule has 0 unspecified atom stereocenters. The Hall–Kier alpha value is -1.83. The Morgan fingerprint density at radius 2 is 1.88 bits per heavy atom. The van der Waals surface area contributed by atoms with Gasteiger partial charge >= 0.3 is 6.09 Å². The van der Waals surface area contributed by atoms with Gasteiger partial charge in [-0.15, -0.1) is 0 Å². The van der Waals surface area contributed by atoms with Crippen LogP contribution in [0.2, 0.25) is 0 Å². The molecule has 1 amide bonds. The summed E-state index contributed by atoms with van der Waals surface area (Å²) in [6.45, 7) is 9.50. The molecular weight excluding hydrogens is 417 g/mol. The molecule has 5 nitrogen and oxygen atoms in total. The molecule has 0 aliphatic heterocycles. The van der Waals surface area contributed by atoms with Crippen LogP contribution in [0.15, 0.2) is 35.4 Å². The van der Waals surface area contributed by atoms with Gasteiger partial charge in [0.1, 0.15) is 5.60 Å². The lowest BCUT2D eigenvalue weighted by molar-refractivity contribution is 0.0529. The first-order valence-corrected chi connectivity index (χ1v) is 8.72. The molecule has 24 heavy (non-hydrogen) atoms. The SMILES string of the molecule is Cc1cc(/C=N/NC(=O)OC(C)(C)C)c(C)n1-c1ccc(I)cc1. The molecule has 1 aromatic carbocycles. The minimum Gasteiger partial charge on any atom is -0.443 e. The van der Waals surface area contributed by atoms with Crippen molar-refractivity contribution < 1.29 is 9.53 Å². The summed E-state index contributed by atoms with van der Waals surface area (Å²) in [4.78, 5) is 11.6. The maximum atomic E-state index is 11.6. The number of benzene rings is 1. The standard InChI is InChI=1S/C18H22IN3O2/c1-12-10-14(11-20-21-17(23)24-18(3,4)5)13(2)22(12)16-8-6-15(19)7-9-16/h6-11H,1-5H3,(H,21,23)/b20-11+. The Kier molecular flexibility index (Phi) is 5.69. The highest BCUT2D eigenvalue weighted by Crippen LogP contribution is 2.20. The van der Waals surface area contributed by atoms with Crippen LogP contribution in [0, 0.1) is 17.4 Å². The lowest BCUT2D eigenvalue weighted by Crippen LogP contribution is -2.29. The van der Waals surface area contributed by atoms with E-state index in [1.807, 2.05) is 40.7 Å². The maximum absolute atomic E-state index is 11.6. The molecule has 0 aliphatic rings. The molecular formula is C18H22IN3O2. The van der Waals surface area contributed by atoms with Crippen LogP contribution in [0.1, 0.15) is 37.7 Å². The third kappa shape index (κ3) is 4.83. The molecule has 0 saturated heterocycles. The molecule has 0 fully saturated rings. The van der Waals surface area contributed by atoms with E-state index < -0.39 is 11.7 Å².